The lowest BCUT2D eigenvalue weighted by atomic mass is 10.1. The summed E-state index contributed by atoms with van der Waals surface area (Å²) < 4.78 is 37.7. The minimum Gasteiger partial charge on any atom is -0.313 e. The van der Waals surface area contributed by atoms with Crippen molar-refractivity contribution in [3.63, 3.8) is 0 Å². The van der Waals surface area contributed by atoms with Crippen molar-refractivity contribution in [2.24, 2.45) is 0 Å². The number of hydrogen-bond acceptors (Lipinski definition) is 2. The monoisotopic (exact) mass is 298 g/mol. The first-order valence-corrected chi connectivity index (χ1v) is 7.26. The molecule has 0 saturated heterocycles. The van der Waals surface area contributed by atoms with Gasteiger partial charge in [0.2, 0.25) is 0 Å². The van der Waals surface area contributed by atoms with Crippen molar-refractivity contribution in [1.29, 1.82) is 0 Å². The van der Waals surface area contributed by atoms with Gasteiger partial charge in [0.1, 0.15) is 0 Å². The van der Waals surface area contributed by atoms with E-state index in [2.05, 4.69) is 24.4 Å². The van der Waals surface area contributed by atoms with Gasteiger partial charge in [0, 0.05) is 31.8 Å². The van der Waals surface area contributed by atoms with E-state index < -0.39 is 6.18 Å². The lowest BCUT2D eigenvalue weighted by Gasteiger charge is -2.27. The first-order chi connectivity index (χ1) is 9.99. The van der Waals surface area contributed by atoms with Gasteiger partial charge in [-0.3, -0.25) is 4.90 Å². The highest BCUT2D eigenvalue weighted by Crippen LogP contribution is 2.30. The number of rotatable bonds is 5. The highest BCUT2D eigenvalue weighted by atomic mass is 19.4. The number of nitrogens with one attached hydrogen (secondary N) is 1. The van der Waals surface area contributed by atoms with Gasteiger partial charge in [0.25, 0.3) is 0 Å². The van der Waals surface area contributed by atoms with Crippen molar-refractivity contribution in [2.75, 3.05) is 19.6 Å². The van der Waals surface area contributed by atoms with Crippen molar-refractivity contribution in [3.8, 4) is 0 Å². The van der Waals surface area contributed by atoms with Crippen molar-refractivity contribution in [2.45, 2.75) is 32.6 Å². The summed E-state index contributed by atoms with van der Waals surface area (Å²) >= 11 is 0. The molecule has 1 aliphatic heterocycles. The zero-order valence-corrected chi connectivity index (χ0v) is 12.2. The molecular formula is C16H21F3N2. The Balaban J connectivity index is 1.93. The Kier molecular flexibility index (Phi) is 5.42. The average molecular weight is 298 g/mol. The zero-order valence-electron chi connectivity index (χ0n) is 12.2. The average Bonchev–Trinajstić information content (AvgIpc) is 2.45. The number of hydrogen-bond donors (Lipinski definition) is 1. The number of benzene rings is 1. The van der Waals surface area contributed by atoms with Gasteiger partial charge >= 0.3 is 6.18 Å². The molecule has 116 valence electrons. The molecule has 2 nitrogen and oxygen atoms in total. The quantitative estimate of drug-likeness (QED) is 0.837. The molecule has 5 heteroatoms. The molecule has 0 aromatic heterocycles. The van der Waals surface area contributed by atoms with Gasteiger partial charge in [-0.2, -0.15) is 13.2 Å². The van der Waals surface area contributed by atoms with Gasteiger partial charge in [0.15, 0.2) is 0 Å². The highest BCUT2D eigenvalue weighted by Gasteiger charge is 2.34. The predicted molar refractivity (Wildman–Crippen MR) is 77.9 cm³/mol. The summed E-state index contributed by atoms with van der Waals surface area (Å²) in [5.41, 5.74) is 1.96. The molecule has 0 bridgehead atoms. The van der Waals surface area contributed by atoms with Crippen LogP contribution in [-0.2, 0) is 13.1 Å². The molecule has 1 aromatic rings. The number of nitrogens with zero attached hydrogens (tertiary/aromatic N) is 1. The lowest BCUT2D eigenvalue weighted by Crippen LogP contribution is -2.31. The van der Waals surface area contributed by atoms with Crippen LogP contribution in [0.1, 0.15) is 24.5 Å². The Morgan fingerprint density at radius 2 is 2.00 bits per heavy atom. The molecule has 1 aromatic carbocycles. The van der Waals surface area contributed by atoms with Crippen LogP contribution in [0, 0.1) is 0 Å². The van der Waals surface area contributed by atoms with Crippen LogP contribution in [0.15, 0.2) is 35.9 Å². The summed E-state index contributed by atoms with van der Waals surface area (Å²) in [6.45, 7) is 5.32. The normalized spacial score (nSPS) is 16.9. The van der Waals surface area contributed by atoms with Crippen molar-refractivity contribution >= 4 is 0 Å². The van der Waals surface area contributed by atoms with Crippen LogP contribution in [-0.4, -0.2) is 30.7 Å². The van der Waals surface area contributed by atoms with E-state index in [9.17, 15) is 13.2 Å². The summed E-state index contributed by atoms with van der Waals surface area (Å²) in [6.07, 6.45) is -2.77. The molecule has 0 radical (unpaired) electrons. The molecule has 0 spiro atoms. The summed E-state index contributed by atoms with van der Waals surface area (Å²) in [4.78, 5) is 2.04. The van der Waals surface area contributed by atoms with Crippen molar-refractivity contribution < 1.29 is 13.2 Å². The summed E-state index contributed by atoms with van der Waals surface area (Å²) in [6, 6.07) is 8.21. The summed E-state index contributed by atoms with van der Waals surface area (Å²) in [7, 11) is 0. The molecule has 0 amide bonds. The van der Waals surface area contributed by atoms with E-state index in [0.29, 0.717) is 19.6 Å². The van der Waals surface area contributed by atoms with E-state index in [4.69, 9.17) is 0 Å². The van der Waals surface area contributed by atoms with Gasteiger partial charge in [-0.1, -0.05) is 37.3 Å². The van der Waals surface area contributed by atoms with Gasteiger partial charge < -0.3 is 5.32 Å². The smallest absolute Gasteiger partial charge is 0.313 e. The maximum atomic E-state index is 12.6. The molecule has 0 unspecified atom stereocenters. The fraction of sp³-hybridized carbons (Fsp3) is 0.500. The van der Waals surface area contributed by atoms with Gasteiger partial charge in [0.05, 0.1) is 0 Å². The van der Waals surface area contributed by atoms with E-state index >= 15 is 0 Å². The Morgan fingerprint density at radius 3 is 2.62 bits per heavy atom. The van der Waals surface area contributed by atoms with E-state index in [-0.39, 0.29) is 12.0 Å². The van der Waals surface area contributed by atoms with E-state index in [1.807, 2.05) is 17.0 Å². The van der Waals surface area contributed by atoms with Crippen molar-refractivity contribution in [3.05, 3.63) is 47.0 Å². The zero-order chi connectivity index (χ0) is 15.3. The molecule has 0 fully saturated rings. The van der Waals surface area contributed by atoms with Gasteiger partial charge in [-0.25, -0.2) is 0 Å². The molecule has 0 atom stereocenters. The Morgan fingerprint density at radius 1 is 1.24 bits per heavy atom. The molecule has 2 rings (SSSR count). The number of alkyl halides is 3. The molecule has 21 heavy (non-hydrogen) atoms. The standard InChI is InChI=1S/C16H21F3N2/c1-2-20-11-13-4-3-5-14(10-13)12-21-8-6-15(7-9-21)16(17,18)19/h3-6,10,20H,2,7-9,11-12H2,1H3. The van der Waals surface area contributed by atoms with Gasteiger partial charge in [-0.15, -0.1) is 0 Å². The molecular weight excluding hydrogens is 277 g/mol. The molecule has 1 N–H and O–H groups in total. The predicted octanol–water partition coefficient (Wildman–Crippen LogP) is 3.49. The van der Waals surface area contributed by atoms with Gasteiger partial charge in [-0.05, 0) is 24.1 Å². The third kappa shape index (κ3) is 4.86. The van der Waals surface area contributed by atoms with Crippen LogP contribution in [0.2, 0.25) is 0 Å². The minimum absolute atomic E-state index is 0.0839. The summed E-state index contributed by atoms with van der Waals surface area (Å²) in [5, 5.41) is 3.27. The van der Waals surface area contributed by atoms with Crippen molar-refractivity contribution in [1.82, 2.24) is 10.2 Å². The number of halogens is 3. The maximum absolute atomic E-state index is 12.6. The largest absolute Gasteiger partial charge is 0.412 e. The molecule has 0 aliphatic carbocycles. The Labute approximate surface area is 123 Å². The third-order valence-corrected chi connectivity index (χ3v) is 3.63. The second-order valence-corrected chi connectivity index (χ2v) is 5.31. The van der Waals surface area contributed by atoms with E-state index in [1.54, 1.807) is 0 Å². The second kappa shape index (κ2) is 7.09. The maximum Gasteiger partial charge on any atom is 0.412 e. The first-order valence-electron chi connectivity index (χ1n) is 7.26. The van der Waals surface area contributed by atoms with Crippen LogP contribution < -0.4 is 5.32 Å². The van der Waals surface area contributed by atoms with Crippen LogP contribution in [0.3, 0.4) is 0 Å². The fourth-order valence-corrected chi connectivity index (χ4v) is 2.48. The second-order valence-electron chi connectivity index (χ2n) is 5.31. The summed E-state index contributed by atoms with van der Waals surface area (Å²) in [5.74, 6) is 0. The highest BCUT2D eigenvalue weighted by molar-refractivity contribution is 5.24. The Hall–Kier alpha value is -1.33. The molecule has 0 saturated carbocycles. The van der Waals surface area contributed by atoms with E-state index in [1.165, 1.54) is 11.6 Å². The van der Waals surface area contributed by atoms with Crippen LogP contribution in [0.5, 0.6) is 0 Å². The third-order valence-electron chi connectivity index (χ3n) is 3.63. The van der Waals surface area contributed by atoms with Crippen LogP contribution >= 0.6 is 0 Å². The molecule has 1 heterocycles. The topological polar surface area (TPSA) is 15.3 Å². The Bertz CT molecular complexity index is 495. The minimum atomic E-state index is -4.17. The van der Waals surface area contributed by atoms with Crippen LogP contribution in [0.4, 0.5) is 13.2 Å². The van der Waals surface area contributed by atoms with Crippen LogP contribution in [0.25, 0.3) is 0 Å². The van der Waals surface area contributed by atoms with E-state index in [0.717, 1.165) is 18.7 Å². The molecule has 1 aliphatic rings. The first kappa shape index (κ1) is 16.0. The fourth-order valence-electron chi connectivity index (χ4n) is 2.48. The lowest BCUT2D eigenvalue weighted by molar-refractivity contribution is -0.0960. The SMILES string of the molecule is CCNCc1cccc(CN2CC=C(C(F)(F)F)CC2)c1.